The Kier molecular flexibility index (Phi) is 12.2. The highest BCUT2D eigenvalue weighted by molar-refractivity contribution is 6.12. The molecule has 0 amide bonds. The van der Waals surface area contributed by atoms with Crippen molar-refractivity contribution in [2.75, 3.05) is 14.7 Å². The van der Waals surface area contributed by atoms with Crippen molar-refractivity contribution in [2.24, 2.45) is 11.8 Å². The number of hydrogen-bond donors (Lipinski definition) is 0. The highest BCUT2D eigenvalue weighted by Gasteiger charge is 2.39. The van der Waals surface area contributed by atoms with Gasteiger partial charge in [0.15, 0.2) is 0 Å². The normalized spacial score (nSPS) is 20.2. The lowest BCUT2D eigenvalue weighted by atomic mass is 9.86. The Balaban J connectivity index is 0.826. The lowest BCUT2D eigenvalue weighted by molar-refractivity contribution is 0.598. The van der Waals surface area contributed by atoms with E-state index >= 15 is 0 Å². The molecule has 5 unspecified atom stereocenters. The van der Waals surface area contributed by atoms with Crippen LogP contribution in [-0.2, 0) is 0 Å². The molecule has 5 aliphatic rings. The zero-order valence-corrected chi connectivity index (χ0v) is 44.3. The van der Waals surface area contributed by atoms with Crippen LogP contribution >= 0.6 is 0 Å². The zero-order valence-electron chi connectivity index (χ0n) is 44.3. The number of aromatic nitrogens is 1. The van der Waals surface area contributed by atoms with Gasteiger partial charge in [-0.3, -0.25) is 0 Å². The van der Waals surface area contributed by atoms with Crippen LogP contribution in [0.3, 0.4) is 0 Å². The van der Waals surface area contributed by atoms with Gasteiger partial charge in [0.2, 0.25) is 0 Å². The Morgan fingerprint density at radius 2 is 1.23 bits per heavy atom. The average molecular weight is 1010 g/mol. The van der Waals surface area contributed by atoms with E-state index in [9.17, 15) is 0 Å². The highest BCUT2D eigenvalue weighted by Crippen LogP contribution is 2.50. The fraction of sp³-hybridized carbons (Fsp3) is 0.135. The van der Waals surface area contributed by atoms with Crippen molar-refractivity contribution in [3.63, 3.8) is 0 Å². The van der Waals surface area contributed by atoms with Crippen LogP contribution in [0.25, 0.3) is 49.8 Å². The lowest BCUT2D eigenvalue weighted by Crippen LogP contribution is -2.38. The summed E-state index contributed by atoms with van der Waals surface area (Å²) >= 11 is 0. The fourth-order valence-corrected chi connectivity index (χ4v) is 13.0. The minimum Gasteiger partial charge on any atom is -0.334 e. The number of hydrogen-bond acceptors (Lipinski definition) is 3. The minimum absolute atomic E-state index is 0.0926. The van der Waals surface area contributed by atoms with E-state index in [0.29, 0.717) is 5.92 Å². The first kappa shape index (κ1) is 47.3. The minimum atomic E-state index is 0.0926. The third-order valence-electron chi connectivity index (χ3n) is 16.7. The van der Waals surface area contributed by atoms with E-state index in [1.165, 1.54) is 89.2 Å². The van der Waals surface area contributed by atoms with E-state index < -0.39 is 0 Å². The van der Waals surface area contributed by atoms with Crippen LogP contribution in [0.2, 0.25) is 0 Å². The molecular formula is C74H62N4. The van der Waals surface area contributed by atoms with Gasteiger partial charge in [0, 0.05) is 62.2 Å². The van der Waals surface area contributed by atoms with Gasteiger partial charge in [-0.25, -0.2) is 0 Å². The predicted molar refractivity (Wildman–Crippen MR) is 331 cm³/mol. The molecular weight excluding hydrogens is 945 g/mol. The molecule has 4 nitrogen and oxygen atoms in total. The number of anilines is 6. The molecule has 0 saturated heterocycles. The molecule has 0 saturated carbocycles. The molecule has 0 spiro atoms. The molecule has 1 aromatic heterocycles. The van der Waals surface area contributed by atoms with Crippen molar-refractivity contribution in [1.82, 2.24) is 4.57 Å². The first-order chi connectivity index (χ1) is 38.5. The number of benzene rings is 8. The SMILES string of the molecule is CC1C=C(n2c3ccccc3c3cc(N(c4ccc(C5=CC(C)C(N(C6=CCCC(c7ccccc7)=C6)c6ccc7c(c6)C6C=CC=CC6N7c6ccccc6)C=C5)cc4)c4cccc(-c5ccccc5)c4)ccc32)C=CC1. The van der Waals surface area contributed by atoms with Gasteiger partial charge in [0.1, 0.15) is 0 Å². The van der Waals surface area contributed by atoms with Gasteiger partial charge >= 0.3 is 0 Å². The summed E-state index contributed by atoms with van der Waals surface area (Å²) in [5.74, 6) is 0.953. The third-order valence-corrected chi connectivity index (χ3v) is 16.7. The van der Waals surface area contributed by atoms with E-state index in [4.69, 9.17) is 0 Å². The topological polar surface area (TPSA) is 14.7 Å². The lowest BCUT2D eigenvalue weighted by Gasteiger charge is -2.39. The van der Waals surface area contributed by atoms with E-state index in [2.05, 4.69) is 306 Å². The summed E-state index contributed by atoms with van der Waals surface area (Å²) in [6.07, 6.45) is 31.6. The maximum atomic E-state index is 2.63. The van der Waals surface area contributed by atoms with Crippen LogP contribution in [0.4, 0.5) is 34.1 Å². The largest absolute Gasteiger partial charge is 0.334 e. The average Bonchev–Trinajstić information content (AvgIpc) is 4.12. The molecule has 1 aliphatic heterocycles. The number of para-hydroxylation sites is 2. The maximum absolute atomic E-state index is 2.63. The monoisotopic (exact) mass is 1010 g/mol. The number of nitrogens with zero attached hydrogens (tertiary/aromatic N) is 4. The Labute approximate surface area is 459 Å². The van der Waals surface area contributed by atoms with Gasteiger partial charge in [0.05, 0.1) is 23.1 Å². The highest BCUT2D eigenvalue weighted by atomic mass is 15.2. The predicted octanol–water partition coefficient (Wildman–Crippen LogP) is 19.3. The Hall–Kier alpha value is -9.12. The molecule has 0 bridgehead atoms. The Morgan fingerprint density at radius 1 is 0.526 bits per heavy atom. The first-order valence-electron chi connectivity index (χ1n) is 28.0. The van der Waals surface area contributed by atoms with Crippen molar-refractivity contribution >= 4 is 72.8 Å². The van der Waals surface area contributed by atoms with Crippen molar-refractivity contribution in [2.45, 2.75) is 51.1 Å². The van der Waals surface area contributed by atoms with Crippen LogP contribution in [-0.4, -0.2) is 16.7 Å². The van der Waals surface area contributed by atoms with Crippen molar-refractivity contribution < 1.29 is 0 Å². The second-order valence-corrected chi connectivity index (χ2v) is 21.7. The van der Waals surface area contributed by atoms with Crippen LogP contribution in [0.5, 0.6) is 0 Å². The van der Waals surface area contributed by atoms with Crippen LogP contribution in [0, 0.1) is 11.8 Å². The summed E-state index contributed by atoms with van der Waals surface area (Å²) < 4.78 is 2.45. The van der Waals surface area contributed by atoms with E-state index in [1.807, 2.05) is 0 Å². The molecule has 5 atom stereocenters. The molecule has 0 N–H and O–H groups in total. The van der Waals surface area contributed by atoms with Gasteiger partial charge in [-0.1, -0.05) is 196 Å². The quantitative estimate of drug-likeness (QED) is 0.128. The van der Waals surface area contributed by atoms with Gasteiger partial charge in [-0.05, 0) is 161 Å². The fourth-order valence-electron chi connectivity index (χ4n) is 13.0. The summed E-state index contributed by atoms with van der Waals surface area (Å²) in [6.45, 7) is 4.70. The molecule has 14 rings (SSSR count). The van der Waals surface area contributed by atoms with Crippen molar-refractivity contribution in [1.29, 1.82) is 0 Å². The van der Waals surface area contributed by atoms with Crippen LogP contribution in [0.1, 0.15) is 55.7 Å². The van der Waals surface area contributed by atoms with E-state index in [1.54, 1.807) is 0 Å². The van der Waals surface area contributed by atoms with Crippen LogP contribution in [0.15, 0.2) is 279 Å². The van der Waals surface area contributed by atoms with Gasteiger partial charge < -0.3 is 19.3 Å². The molecule has 78 heavy (non-hydrogen) atoms. The third kappa shape index (κ3) is 8.58. The maximum Gasteiger partial charge on any atom is 0.0629 e. The molecule has 4 aliphatic carbocycles. The molecule has 4 heteroatoms. The molecule has 0 radical (unpaired) electrons. The number of fused-ring (bicyclic) bond motifs is 6. The van der Waals surface area contributed by atoms with Crippen molar-refractivity contribution in [3.8, 4) is 11.1 Å². The second-order valence-electron chi connectivity index (χ2n) is 21.7. The second kappa shape index (κ2) is 20.1. The molecule has 378 valence electrons. The molecule has 9 aromatic rings. The molecule has 0 fully saturated rings. The number of allylic oxidation sites excluding steroid dienone is 11. The summed E-state index contributed by atoms with van der Waals surface area (Å²) in [5, 5.41) is 2.49. The van der Waals surface area contributed by atoms with E-state index in [-0.39, 0.29) is 23.9 Å². The Bertz CT molecular complexity index is 4000. The first-order valence-corrected chi connectivity index (χ1v) is 28.0. The summed E-state index contributed by atoms with van der Waals surface area (Å²) in [6, 6.07) is 74.2. The standard InChI is InChI=1S/C74H62N4/c1-51-19-16-28-61(45-51)78-72-34-15-13-32-67(72)68-49-64(40-43-74(68)78)75(62-29-17-24-56(47-62)53-20-6-3-7-21-53)60-38-35-55(36-39-60)58-37-42-70(52(2)46-58)76(63-30-18-25-57(48-63)54-22-8-4-9-23-54)65-41-44-73-69(50-65)66-31-12-14-33-71(66)77(73)59-26-10-5-11-27-59/h3-17,20-24,26-52,66,70-71H,18-19,25H2,1-2H3. The van der Waals surface area contributed by atoms with Gasteiger partial charge in [-0.15, -0.1) is 0 Å². The Morgan fingerprint density at radius 3 is 2.04 bits per heavy atom. The summed E-state index contributed by atoms with van der Waals surface area (Å²) in [7, 11) is 0. The number of rotatable bonds is 11. The smallest absolute Gasteiger partial charge is 0.0629 e. The van der Waals surface area contributed by atoms with Crippen LogP contribution < -0.4 is 14.7 Å². The van der Waals surface area contributed by atoms with E-state index in [0.717, 1.165) is 36.3 Å². The molecule has 8 aromatic carbocycles. The zero-order chi connectivity index (χ0) is 52.1. The van der Waals surface area contributed by atoms with Gasteiger partial charge in [-0.2, -0.15) is 0 Å². The van der Waals surface area contributed by atoms with Crippen molar-refractivity contribution in [3.05, 3.63) is 295 Å². The summed E-state index contributed by atoms with van der Waals surface area (Å²) in [5.41, 5.74) is 20.9. The van der Waals surface area contributed by atoms with Gasteiger partial charge in [0.25, 0.3) is 0 Å². The summed E-state index contributed by atoms with van der Waals surface area (Å²) in [4.78, 5) is 7.58. The molecule has 2 heterocycles.